The molecule has 4 nitrogen and oxygen atoms in total. The van der Waals surface area contributed by atoms with Crippen LogP contribution in [0, 0.1) is 0 Å². The summed E-state index contributed by atoms with van der Waals surface area (Å²) in [5, 5.41) is 0. The lowest BCUT2D eigenvalue weighted by molar-refractivity contribution is 0.514. The molecule has 2 aromatic heterocycles. The summed E-state index contributed by atoms with van der Waals surface area (Å²) in [6.07, 6.45) is 12.6. The van der Waals surface area contributed by atoms with Crippen molar-refractivity contribution in [1.82, 2.24) is 14.1 Å². The summed E-state index contributed by atoms with van der Waals surface area (Å²) in [5.41, 5.74) is 8.96. The summed E-state index contributed by atoms with van der Waals surface area (Å²) in [7, 11) is 0. The van der Waals surface area contributed by atoms with Crippen LogP contribution in [0.4, 0.5) is 0 Å². The van der Waals surface area contributed by atoms with Crippen molar-refractivity contribution in [3.63, 3.8) is 0 Å². The predicted octanol–water partition coefficient (Wildman–Crippen LogP) is 2.11. The highest BCUT2D eigenvalue weighted by Crippen LogP contribution is 2.28. The van der Waals surface area contributed by atoms with Crippen LogP contribution in [0.15, 0.2) is 31.0 Å². The lowest BCUT2D eigenvalue weighted by atomic mass is 9.94. The molecule has 1 unspecified atom stereocenters. The van der Waals surface area contributed by atoms with E-state index in [9.17, 15) is 0 Å². The smallest absolute Gasteiger partial charge is 0.0945 e. The van der Waals surface area contributed by atoms with Crippen molar-refractivity contribution in [2.24, 2.45) is 5.73 Å². The van der Waals surface area contributed by atoms with Gasteiger partial charge < -0.3 is 14.9 Å². The molecule has 0 bridgehead atoms. The van der Waals surface area contributed by atoms with Gasteiger partial charge in [-0.2, -0.15) is 0 Å². The number of nitrogens with two attached hydrogens (primary N) is 1. The first-order valence-electron chi connectivity index (χ1n) is 6.74. The molecule has 0 amide bonds. The van der Waals surface area contributed by atoms with Crippen molar-refractivity contribution in [2.45, 2.75) is 44.8 Å². The second-order valence-electron chi connectivity index (χ2n) is 5.06. The second kappa shape index (κ2) is 4.98. The van der Waals surface area contributed by atoms with Crippen molar-refractivity contribution >= 4 is 0 Å². The maximum Gasteiger partial charge on any atom is 0.0945 e. The first-order chi connectivity index (χ1) is 8.84. The molecule has 1 aliphatic carbocycles. The van der Waals surface area contributed by atoms with Crippen LogP contribution in [0.25, 0.3) is 0 Å². The van der Waals surface area contributed by atoms with E-state index < -0.39 is 0 Å². The van der Waals surface area contributed by atoms with Crippen LogP contribution >= 0.6 is 0 Å². The molecule has 2 N–H and O–H groups in total. The molecule has 0 fully saturated rings. The number of nitrogens with zero attached hydrogens (tertiary/aromatic N) is 3. The molecule has 0 spiro atoms. The van der Waals surface area contributed by atoms with Crippen molar-refractivity contribution < 1.29 is 0 Å². The van der Waals surface area contributed by atoms with Crippen LogP contribution in [-0.2, 0) is 19.5 Å². The number of rotatable bonds is 4. The summed E-state index contributed by atoms with van der Waals surface area (Å²) in [6.45, 7) is 2.10. The molecule has 18 heavy (non-hydrogen) atoms. The van der Waals surface area contributed by atoms with Gasteiger partial charge in [0.15, 0.2) is 0 Å². The number of fused-ring (bicyclic) bond motifs is 1. The highest BCUT2D eigenvalue weighted by molar-refractivity contribution is 5.28. The molecule has 3 rings (SSSR count). The minimum atomic E-state index is 0.253. The number of aromatic nitrogens is 3. The molecule has 2 heterocycles. The Balaban J connectivity index is 1.63. The van der Waals surface area contributed by atoms with Crippen LogP contribution in [0.3, 0.4) is 0 Å². The zero-order valence-corrected chi connectivity index (χ0v) is 10.6. The summed E-state index contributed by atoms with van der Waals surface area (Å²) in [4.78, 5) is 4.06. The Morgan fingerprint density at radius 1 is 1.33 bits per heavy atom. The molecule has 1 atom stereocenters. The van der Waals surface area contributed by atoms with Gasteiger partial charge in [0.05, 0.1) is 6.33 Å². The van der Waals surface area contributed by atoms with Gasteiger partial charge in [0.25, 0.3) is 0 Å². The van der Waals surface area contributed by atoms with E-state index in [-0.39, 0.29) is 6.04 Å². The lowest BCUT2D eigenvalue weighted by Crippen LogP contribution is -2.18. The van der Waals surface area contributed by atoms with Crippen molar-refractivity contribution in [2.75, 3.05) is 0 Å². The Kier molecular flexibility index (Phi) is 3.19. The van der Waals surface area contributed by atoms with Crippen molar-refractivity contribution in [3.8, 4) is 0 Å². The third-order valence-corrected chi connectivity index (χ3v) is 3.82. The van der Waals surface area contributed by atoms with Gasteiger partial charge in [-0.1, -0.05) is 0 Å². The van der Waals surface area contributed by atoms with Crippen molar-refractivity contribution in [3.05, 3.63) is 42.2 Å². The number of aryl methyl sites for hydroxylation is 2. The molecule has 96 valence electrons. The number of imidazole rings is 1. The highest BCUT2D eigenvalue weighted by atomic mass is 15.0. The van der Waals surface area contributed by atoms with E-state index in [4.69, 9.17) is 5.73 Å². The predicted molar refractivity (Wildman–Crippen MR) is 71.1 cm³/mol. The van der Waals surface area contributed by atoms with Crippen LogP contribution in [0.1, 0.15) is 36.6 Å². The second-order valence-corrected chi connectivity index (χ2v) is 5.06. The Morgan fingerprint density at radius 2 is 2.28 bits per heavy atom. The average molecular weight is 244 g/mol. The fourth-order valence-electron chi connectivity index (χ4n) is 2.84. The minimum absolute atomic E-state index is 0.253. The topological polar surface area (TPSA) is 48.8 Å². The SMILES string of the molecule is NC1CCCc2c1ccn2CCCn1ccnc1. The zero-order chi connectivity index (χ0) is 12.4. The Morgan fingerprint density at radius 3 is 3.11 bits per heavy atom. The summed E-state index contributed by atoms with van der Waals surface area (Å²) in [5.74, 6) is 0. The molecular weight excluding hydrogens is 224 g/mol. The maximum atomic E-state index is 6.14. The molecule has 0 saturated heterocycles. The first-order valence-corrected chi connectivity index (χ1v) is 6.74. The van der Waals surface area contributed by atoms with E-state index in [1.165, 1.54) is 24.1 Å². The van der Waals surface area contributed by atoms with E-state index in [0.29, 0.717) is 0 Å². The van der Waals surface area contributed by atoms with E-state index in [1.54, 1.807) is 0 Å². The fraction of sp³-hybridized carbons (Fsp3) is 0.500. The Labute approximate surface area is 107 Å². The average Bonchev–Trinajstić information content (AvgIpc) is 3.00. The zero-order valence-electron chi connectivity index (χ0n) is 10.6. The van der Waals surface area contributed by atoms with Crippen LogP contribution in [0.2, 0.25) is 0 Å². The van der Waals surface area contributed by atoms with Crippen molar-refractivity contribution in [1.29, 1.82) is 0 Å². The summed E-state index contributed by atoms with van der Waals surface area (Å²) >= 11 is 0. The molecule has 0 aliphatic heterocycles. The Hall–Kier alpha value is -1.55. The molecular formula is C14H20N4. The maximum absolute atomic E-state index is 6.14. The summed E-state index contributed by atoms with van der Waals surface area (Å²) < 4.78 is 4.51. The van der Waals surface area contributed by atoms with Gasteiger partial charge in [-0.25, -0.2) is 4.98 Å². The van der Waals surface area contributed by atoms with Gasteiger partial charge in [0, 0.05) is 43.4 Å². The Bertz CT molecular complexity index is 498. The quantitative estimate of drug-likeness (QED) is 0.895. The minimum Gasteiger partial charge on any atom is -0.351 e. The molecule has 0 saturated carbocycles. The van der Waals surface area contributed by atoms with Gasteiger partial charge in [-0.3, -0.25) is 0 Å². The van der Waals surface area contributed by atoms with E-state index >= 15 is 0 Å². The van der Waals surface area contributed by atoms with Gasteiger partial charge >= 0.3 is 0 Å². The highest BCUT2D eigenvalue weighted by Gasteiger charge is 2.19. The fourth-order valence-corrected chi connectivity index (χ4v) is 2.84. The standard InChI is InChI=1S/C14H20N4/c15-13-3-1-4-14-12(13)5-9-18(14)8-2-7-17-10-6-16-11-17/h5-6,9-11,13H,1-4,7-8,15H2. The molecule has 4 heteroatoms. The van der Waals surface area contributed by atoms with Gasteiger partial charge in [0.2, 0.25) is 0 Å². The van der Waals surface area contributed by atoms with E-state index in [0.717, 1.165) is 25.9 Å². The third-order valence-electron chi connectivity index (χ3n) is 3.82. The first kappa shape index (κ1) is 11.5. The molecule has 2 aromatic rings. The van der Waals surface area contributed by atoms with Crippen LogP contribution in [-0.4, -0.2) is 14.1 Å². The van der Waals surface area contributed by atoms with E-state index in [1.807, 2.05) is 18.7 Å². The number of hydrogen-bond acceptors (Lipinski definition) is 2. The summed E-state index contributed by atoms with van der Waals surface area (Å²) in [6, 6.07) is 2.46. The van der Waals surface area contributed by atoms with Gasteiger partial charge in [0.1, 0.15) is 0 Å². The normalized spacial score (nSPS) is 18.8. The third kappa shape index (κ3) is 2.20. The monoisotopic (exact) mass is 244 g/mol. The largest absolute Gasteiger partial charge is 0.351 e. The lowest BCUT2D eigenvalue weighted by Gasteiger charge is -2.21. The number of hydrogen-bond donors (Lipinski definition) is 1. The van der Waals surface area contributed by atoms with E-state index in [2.05, 4.69) is 26.4 Å². The molecule has 0 radical (unpaired) electrons. The van der Waals surface area contributed by atoms with Gasteiger partial charge in [-0.15, -0.1) is 0 Å². The molecule has 0 aromatic carbocycles. The molecule has 1 aliphatic rings. The van der Waals surface area contributed by atoms with Crippen LogP contribution in [0.5, 0.6) is 0 Å². The van der Waals surface area contributed by atoms with Crippen LogP contribution < -0.4 is 5.73 Å². The van der Waals surface area contributed by atoms with Gasteiger partial charge in [-0.05, 0) is 37.3 Å².